The molecule has 1 atom stereocenters. The summed E-state index contributed by atoms with van der Waals surface area (Å²) in [6, 6.07) is -2.62. The lowest BCUT2D eigenvalue weighted by Crippen LogP contribution is -2.37. The van der Waals surface area contributed by atoms with E-state index in [1.165, 1.54) is 6.92 Å². The summed E-state index contributed by atoms with van der Waals surface area (Å²) in [6.45, 7) is 1.35. The lowest BCUT2D eigenvalue weighted by molar-refractivity contribution is -0.122. The van der Waals surface area contributed by atoms with Crippen LogP contribution in [0.2, 0.25) is 0 Å². The highest BCUT2D eigenvalue weighted by Gasteiger charge is 2.05. The molecule has 0 aliphatic carbocycles. The highest BCUT2D eigenvalue weighted by molar-refractivity contribution is 5.80. The molecule has 0 saturated carbocycles. The summed E-state index contributed by atoms with van der Waals surface area (Å²) in [7, 11) is 0. The summed E-state index contributed by atoms with van der Waals surface area (Å²) in [5.41, 5.74) is 5.40. The second kappa shape index (κ2) is 4.62. The number of benzene rings is 1. The summed E-state index contributed by atoms with van der Waals surface area (Å²) < 4.78 is 37.6. The first-order chi connectivity index (χ1) is 8.27. The molecule has 1 aromatic carbocycles. The Kier molecular flexibility index (Phi) is 1.69. The second-order valence-electron chi connectivity index (χ2n) is 2.61. The number of nitrogens with one attached hydrogen (secondary N) is 1. The minimum Gasteiger partial charge on any atom is -0.351 e. The minimum atomic E-state index is -0.713. The van der Waals surface area contributed by atoms with Crippen molar-refractivity contribution in [1.29, 1.82) is 0 Å². The Morgan fingerprint density at radius 2 is 2.23 bits per heavy atom. The molecule has 0 aliphatic heterocycles. The predicted molar refractivity (Wildman–Crippen MR) is 51.9 cm³/mol. The van der Waals surface area contributed by atoms with E-state index in [1.54, 1.807) is 0 Å². The van der Waals surface area contributed by atoms with Crippen LogP contribution in [-0.4, -0.2) is 11.9 Å². The number of nitrogens with two attached hydrogens (primary N) is 1. The molecule has 0 heterocycles. The van der Waals surface area contributed by atoms with Gasteiger partial charge in [-0.2, -0.15) is 0 Å². The van der Waals surface area contributed by atoms with E-state index in [0.29, 0.717) is 0 Å². The molecule has 1 aromatic rings. The summed E-state index contributed by atoms with van der Waals surface area (Å²) >= 11 is 0. The first-order valence-corrected chi connectivity index (χ1v) is 3.86. The van der Waals surface area contributed by atoms with Crippen LogP contribution in [0, 0.1) is 0 Å². The maximum Gasteiger partial charge on any atom is 0.236 e. The fraction of sp³-hybridized carbons (Fsp3) is 0.300. The normalized spacial score (nSPS) is 17.5. The van der Waals surface area contributed by atoms with Gasteiger partial charge in [0.2, 0.25) is 5.91 Å². The van der Waals surface area contributed by atoms with Gasteiger partial charge in [-0.3, -0.25) is 4.79 Å². The monoisotopic (exact) mass is 183 g/mol. The van der Waals surface area contributed by atoms with Crippen molar-refractivity contribution in [3.05, 3.63) is 35.8 Å². The van der Waals surface area contributed by atoms with Crippen LogP contribution in [0.15, 0.2) is 30.2 Å². The van der Waals surface area contributed by atoms with Crippen molar-refractivity contribution >= 4 is 5.91 Å². The van der Waals surface area contributed by atoms with E-state index in [-0.39, 0.29) is 24.2 Å². The zero-order valence-corrected chi connectivity index (χ0v) is 7.27. The molecule has 0 fully saturated rings. The molecule has 0 bridgehead atoms. The number of hydrogen-bond donors (Lipinski definition) is 2. The molecule has 0 aliphatic rings. The second-order valence-corrected chi connectivity index (χ2v) is 2.61. The summed E-state index contributed by atoms with van der Waals surface area (Å²) in [6.07, 6.45) is 0. The van der Waals surface area contributed by atoms with Crippen molar-refractivity contribution < 1.29 is 11.6 Å². The summed E-state index contributed by atoms with van der Waals surface area (Å²) in [4.78, 5) is 11.3. The van der Waals surface area contributed by atoms with Crippen molar-refractivity contribution in [3.63, 3.8) is 0 Å². The molecule has 70 valence electrons. The number of amides is 1. The van der Waals surface area contributed by atoms with E-state index < -0.39 is 30.1 Å². The summed E-state index contributed by atoms with van der Waals surface area (Å²) in [5, 5.41) is 2.42. The molecular weight excluding hydrogens is 164 g/mol. The lowest BCUT2D eigenvalue weighted by Gasteiger charge is -2.06. The Hall–Kier alpha value is -1.35. The maximum atomic E-state index is 11.3. The third-order valence-electron chi connectivity index (χ3n) is 1.40. The van der Waals surface area contributed by atoms with Gasteiger partial charge < -0.3 is 11.1 Å². The van der Waals surface area contributed by atoms with Crippen LogP contribution in [-0.2, 0) is 11.3 Å². The Bertz CT molecular complexity index is 461. The van der Waals surface area contributed by atoms with Crippen molar-refractivity contribution in [2.45, 2.75) is 19.5 Å². The molecular formula is C10H14N2O. The number of rotatable bonds is 3. The molecule has 13 heavy (non-hydrogen) atoms. The van der Waals surface area contributed by atoms with Crippen LogP contribution in [0.5, 0.6) is 0 Å². The zero-order valence-electron chi connectivity index (χ0n) is 12.3. The van der Waals surface area contributed by atoms with Gasteiger partial charge in [0.05, 0.1) is 12.9 Å². The third kappa shape index (κ3) is 3.25. The molecule has 0 aromatic heterocycles. The lowest BCUT2D eigenvalue weighted by atomic mass is 10.2. The minimum absolute atomic E-state index is 0.0509. The smallest absolute Gasteiger partial charge is 0.236 e. The van der Waals surface area contributed by atoms with Gasteiger partial charge in [-0.05, 0) is 12.5 Å². The molecule has 3 nitrogen and oxygen atoms in total. The van der Waals surface area contributed by atoms with E-state index >= 15 is 0 Å². The summed E-state index contributed by atoms with van der Waals surface area (Å²) in [5.74, 6) is -0.443. The van der Waals surface area contributed by atoms with Crippen LogP contribution >= 0.6 is 0 Å². The van der Waals surface area contributed by atoms with E-state index in [4.69, 9.17) is 12.6 Å². The van der Waals surface area contributed by atoms with Crippen LogP contribution in [0.3, 0.4) is 0 Å². The van der Waals surface area contributed by atoms with Gasteiger partial charge in [0, 0.05) is 6.54 Å². The van der Waals surface area contributed by atoms with Gasteiger partial charge in [0.15, 0.2) is 0 Å². The topological polar surface area (TPSA) is 55.1 Å². The number of carbonyl (C=O) groups excluding carboxylic acids is 1. The predicted octanol–water partition coefficient (Wildman–Crippen LogP) is 0.650. The Morgan fingerprint density at radius 1 is 1.62 bits per heavy atom. The molecule has 1 amide bonds. The molecule has 3 heteroatoms. The van der Waals surface area contributed by atoms with Crippen molar-refractivity contribution in [1.82, 2.24) is 5.32 Å². The van der Waals surface area contributed by atoms with E-state index in [0.717, 1.165) is 0 Å². The highest BCUT2D eigenvalue weighted by Crippen LogP contribution is 1.96. The van der Waals surface area contributed by atoms with Crippen molar-refractivity contribution in [2.75, 3.05) is 0 Å². The first kappa shape index (κ1) is 4.77. The van der Waals surface area contributed by atoms with Crippen LogP contribution in [0.25, 0.3) is 0 Å². The Morgan fingerprint density at radius 3 is 2.77 bits per heavy atom. The van der Waals surface area contributed by atoms with Gasteiger partial charge in [-0.25, -0.2) is 0 Å². The standard InChI is InChI=1S/C10H14N2O/c1-8(11)10(13)12-7-9-5-3-2-4-6-9/h2-6,8H,7,11H2,1H3,(H,12,13)/t8-/m1/s1/i2D,3D,4D,5D,6D. The van der Waals surface area contributed by atoms with E-state index in [9.17, 15) is 4.79 Å². The van der Waals surface area contributed by atoms with Gasteiger partial charge in [-0.15, -0.1) is 0 Å². The fourth-order valence-electron chi connectivity index (χ4n) is 0.701. The average molecular weight is 183 g/mol. The Labute approximate surface area is 85.0 Å². The van der Waals surface area contributed by atoms with Gasteiger partial charge in [0.1, 0.15) is 0 Å². The molecule has 0 saturated heterocycles. The van der Waals surface area contributed by atoms with Crippen molar-refractivity contribution in [3.8, 4) is 0 Å². The first-order valence-electron chi connectivity index (χ1n) is 6.36. The van der Waals surface area contributed by atoms with Crippen LogP contribution in [0.4, 0.5) is 0 Å². The van der Waals surface area contributed by atoms with Gasteiger partial charge in [0.25, 0.3) is 0 Å². The molecule has 3 N–H and O–H groups in total. The molecule has 0 spiro atoms. The van der Waals surface area contributed by atoms with E-state index in [1.807, 2.05) is 0 Å². The Balaban J connectivity index is 3.07. The average Bonchev–Trinajstić information content (AvgIpc) is 2.33. The van der Waals surface area contributed by atoms with Crippen LogP contribution < -0.4 is 11.1 Å². The SMILES string of the molecule is [2H]c1c([2H])c([2H])c(CNC(=O)[C@@H](C)N)c([2H])c1[2H]. The molecule has 1 rings (SSSR count). The van der Waals surface area contributed by atoms with E-state index in [2.05, 4.69) is 5.32 Å². The van der Waals surface area contributed by atoms with Crippen LogP contribution in [0.1, 0.15) is 19.3 Å². The number of carbonyl (C=O) groups is 1. The van der Waals surface area contributed by atoms with Gasteiger partial charge in [-0.1, -0.05) is 30.2 Å². The number of hydrogen-bond acceptors (Lipinski definition) is 2. The molecule has 0 unspecified atom stereocenters. The third-order valence-corrected chi connectivity index (χ3v) is 1.40. The van der Waals surface area contributed by atoms with Crippen molar-refractivity contribution in [2.24, 2.45) is 5.73 Å². The highest BCUT2D eigenvalue weighted by atomic mass is 16.2. The maximum absolute atomic E-state index is 11.3. The fourth-order valence-corrected chi connectivity index (χ4v) is 0.701. The largest absolute Gasteiger partial charge is 0.351 e. The van der Waals surface area contributed by atoms with Gasteiger partial charge >= 0.3 is 0 Å². The molecule has 0 radical (unpaired) electrons. The zero-order chi connectivity index (χ0) is 14.0. The quantitative estimate of drug-likeness (QED) is 0.723.